The van der Waals surface area contributed by atoms with Gasteiger partial charge in [-0.1, -0.05) is 0 Å². The van der Waals surface area contributed by atoms with Gasteiger partial charge in [-0.3, -0.25) is 9.48 Å². The monoisotopic (exact) mass is 470 g/mol. The molecular weight excluding hydrogens is 444 g/mol. The molecule has 1 aliphatic rings. The van der Waals surface area contributed by atoms with E-state index in [0.717, 1.165) is 19.1 Å². The minimum absolute atomic E-state index is 0.172. The zero-order valence-electron chi connectivity index (χ0n) is 18.5. The Hall–Kier alpha value is -3.93. The Labute approximate surface area is 195 Å². The second-order valence-corrected chi connectivity index (χ2v) is 7.79. The van der Waals surface area contributed by atoms with Crippen molar-refractivity contribution in [2.45, 2.75) is 31.7 Å². The molecule has 180 valence electrons. The van der Waals surface area contributed by atoms with E-state index in [1.54, 1.807) is 23.0 Å². The second kappa shape index (κ2) is 10.8. The number of nitrogens with two attached hydrogens (primary N) is 1. The number of pyridine rings is 1. The summed E-state index contributed by atoms with van der Waals surface area (Å²) in [5, 5.41) is 16.2. The third-order valence-corrected chi connectivity index (χ3v) is 5.35. The number of unbranched alkanes of at least 4 members (excludes halogenated alkanes) is 1. The summed E-state index contributed by atoms with van der Waals surface area (Å²) in [6.45, 7) is 2.20. The minimum atomic E-state index is -1.16. The third kappa shape index (κ3) is 5.70. The van der Waals surface area contributed by atoms with Gasteiger partial charge in [0.15, 0.2) is 11.4 Å². The van der Waals surface area contributed by atoms with Crippen LogP contribution in [0.5, 0.6) is 5.88 Å². The Bertz CT molecular complexity index is 1140. The van der Waals surface area contributed by atoms with Gasteiger partial charge in [-0.15, -0.1) is 0 Å². The van der Waals surface area contributed by atoms with Gasteiger partial charge in [-0.2, -0.15) is 5.10 Å². The third-order valence-electron chi connectivity index (χ3n) is 5.35. The Morgan fingerprint density at radius 3 is 2.88 bits per heavy atom. The zero-order valence-corrected chi connectivity index (χ0v) is 18.5. The summed E-state index contributed by atoms with van der Waals surface area (Å²) in [5.41, 5.74) is 6.98. The number of amides is 1. The number of nitrogens with one attached hydrogen (secondary N) is 1. The van der Waals surface area contributed by atoms with E-state index in [-0.39, 0.29) is 29.2 Å². The highest BCUT2D eigenvalue weighted by atomic mass is 16.5. The molecule has 3 aromatic heterocycles. The number of hydrogen-bond donors (Lipinski definition) is 3. The van der Waals surface area contributed by atoms with Crippen LogP contribution in [0.25, 0.3) is 11.5 Å². The number of oxazole rings is 1. The number of aromatic carboxylic acids is 1. The number of carboxylic acid groups (broad SMARTS) is 1. The number of ether oxygens (including phenoxy) is 2. The van der Waals surface area contributed by atoms with Gasteiger partial charge in [0.25, 0.3) is 5.91 Å². The predicted molar refractivity (Wildman–Crippen MR) is 119 cm³/mol. The van der Waals surface area contributed by atoms with E-state index in [0.29, 0.717) is 56.3 Å². The van der Waals surface area contributed by atoms with Gasteiger partial charge in [0.05, 0.1) is 18.3 Å². The molecule has 0 bridgehead atoms. The van der Waals surface area contributed by atoms with E-state index in [4.69, 9.17) is 24.7 Å². The first-order valence-electron chi connectivity index (χ1n) is 11.0. The fraction of sp³-hybridized carbons (Fsp3) is 0.409. The summed E-state index contributed by atoms with van der Waals surface area (Å²) < 4.78 is 18.0. The summed E-state index contributed by atoms with van der Waals surface area (Å²) in [5.74, 6) is -0.929. The van der Waals surface area contributed by atoms with Crippen molar-refractivity contribution in [2.75, 3.05) is 32.1 Å². The smallest absolute Gasteiger partial charge is 0.357 e. The van der Waals surface area contributed by atoms with Crippen LogP contribution in [0.2, 0.25) is 0 Å². The van der Waals surface area contributed by atoms with E-state index in [9.17, 15) is 9.59 Å². The lowest BCUT2D eigenvalue weighted by Crippen LogP contribution is -2.26. The minimum Gasteiger partial charge on any atom is -0.478 e. The molecule has 4 heterocycles. The SMILES string of the molecule is Nc1cn(C2CCOCC2)nc1C(=O)NCCCCOc1cc(-c2nc(C(=O)O)co2)ccn1. The Morgan fingerprint density at radius 1 is 1.29 bits per heavy atom. The molecule has 4 rings (SSSR count). The Kier molecular flexibility index (Phi) is 7.38. The topological polar surface area (TPSA) is 168 Å². The summed E-state index contributed by atoms with van der Waals surface area (Å²) in [6.07, 6.45) is 7.38. The van der Waals surface area contributed by atoms with Crippen LogP contribution < -0.4 is 15.8 Å². The molecule has 0 radical (unpaired) electrons. The lowest BCUT2D eigenvalue weighted by atomic mass is 10.1. The average molecular weight is 470 g/mol. The van der Waals surface area contributed by atoms with Crippen molar-refractivity contribution in [1.82, 2.24) is 25.1 Å². The van der Waals surface area contributed by atoms with E-state index < -0.39 is 5.97 Å². The van der Waals surface area contributed by atoms with Crippen LogP contribution in [-0.2, 0) is 4.74 Å². The molecule has 0 atom stereocenters. The van der Waals surface area contributed by atoms with Crippen molar-refractivity contribution in [3.05, 3.63) is 42.2 Å². The molecule has 12 nitrogen and oxygen atoms in total. The molecule has 0 spiro atoms. The van der Waals surface area contributed by atoms with Crippen molar-refractivity contribution >= 4 is 17.6 Å². The van der Waals surface area contributed by atoms with E-state index in [1.165, 1.54) is 6.20 Å². The summed E-state index contributed by atoms with van der Waals surface area (Å²) in [6, 6.07) is 3.47. The van der Waals surface area contributed by atoms with E-state index >= 15 is 0 Å². The standard InChI is InChI=1S/C22H26N6O6/c23-16-12-28(15-4-9-32-10-5-15)27-19(16)20(29)25-6-1-2-8-33-18-11-14(3-7-24-18)21-26-17(13-34-21)22(30)31/h3,7,11-13,15H,1-2,4-6,8-10,23H2,(H,25,29)(H,30,31). The normalized spacial score (nSPS) is 14.1. The molecule has 3 aromatic rings. The fourth-order valence-electron chi connectivity index (χ4n) is 3.53. The number of carbonyl (C=O) groups is 2. The number of hydrogen-bond acceptors (Lipinski definition) is 9. The van der Waals surface area contributed by atoms with Crippen molar-refractivity contribution in [3.8, 4) is 17.3 Å². The van der Waals surface area contributed by atoms with Crippen LogP contribution in [0.1, 0.15) is 52.7 Å². The number of carbonyl (C=O) groups excluding carboxylic acids is 1. The highest BCUT2D eigenvalue weighted by Gasteiger charge is 2.21. The number of carboxylic acids is 1. The van der Waals surface area contributed by atoms with Gasteiger partial charge < -0.3 is 30.0 Å². The molecule has 1 saturated heterocycles. The first-order chi connectivity index (χ1) is 16.5. The molecule has 12 heteroatoms. The van der Waals surface area contributed by atoms with Gasteiger partial charge in [-0.25, -0.2) is 14.8 Å². The van der Waals surface area contributed by atoms with Gasteiger partial charge in [0.1, 0.15) is 6.26 Å². The zero-order chi connectivity index (χ0) is 23.9. The molecule has 1 aliphatic heterocycles. The Morgan fingerprint density at radius 2 is 2.12 bits per heavy atom. The van der Waals surface area contributed by atoms with Crippen LogP contribution in [0.15, 0.2) is 35.2 Å². The number of aromatic nitrogens is 4. The maximum absolute atomic E-state index is 12.4. The molecule has 0 aliphatic carbocycles. The first kappa shape index (κ1) is 23.2. The first-order valence-corrected chi connectivity index (χ1v) is 11.0. The van der Waals surface area contributed by atoms with Gasteiger partial charge in [-0.05, 0) is 31.7 Å². The number of anilines is 1. The summed E-state index contributed by atoms with van der Waals surface area (Å²) >= 11 is 0. The van der Waals surface area contributed by atoms with Crippen LogP contribution in [0.4, 0.5) is 5.69 Å². The predicted octanol–water partition coefficient (Wildman–Crippen LogP) is 2.15. The van der Waals surface area contributed by atoms with E-state index in [2.05, 4.69) is 20.4 Å². The summed E-state index contributed by atoms with van der Waals surface area (Å²) in [4.78, 5) is 31.4. The lowest BCUT2D eigenvalue weighted by Gasteiger charge is -2.22. The quantitative estimate of drug-likeness (QED) is 0.373. The molecule has 0 unspecified atom stereocenters. The number of nitrogens with zero attached hydrogens (tertiary/aromatic N) is 4. The van der Waals surface area contributed by atoms with Crippen LogP contribution >= 0.6 is 0 Å². The highest BCUT2D eigenvalue weighted by Crippen LogP contribution is 2.23. The molecule has 0 aromatic carbocycles. The Balaban J connectivity index is 1.19. The number of rotatable bonds is 10. The largest absolute Gasteiger partial charge is 0.478 e. The molecule has 1 amide bonds. The molecule has 4 N–H and O–H groups in total. The van der Waals surface area contributed by atoms with Gasteiger partial charge in [0, 0.05) is 43.8 Å². The van der Waals surface area contributed by atoms with Crippen molar-refractivity contribution in [2.24, 2.45) is 0 Å². The second-order valence-electron chi connectivity index (χ2n) is 7.79. The number of nitrogen functional groups attached to an aromatic ring is 1. The van der Waals surface area contributed by atoms with Crippen LogP contribution in [0, 0.1) is 0 Å². The van der Waals surface area contributed by atoms with Gasteiger partial charge in [0.2, 0.25) is 11.8 Å². The van der Waals surface area contributed by atoms with Crippen molar-refractivity contribution in [3.63, 3.8) is 0 Å². The molecule has 1 fully saturated rings. The van der Waals surface area contributed by atoms with Crippen molar-refractivity contribution < 1.29 is 28.6 Å². The molecule has 0 saturated carbocycles. The van der Waals surface area contributed by atoms with Gasteiger partial charge >= 0.3 is 5.97 Å². The summed E-state index contributed by atoms with van der Waals surface area (Å²) in [7, 11) is 0. The fourth-order valence-corrected chi connectivity index (χ4v) is 3.53. The maximum Gasteiger partial charge on any atom is 0.357 e. The maximum atomic E-state index is 12.4. The van der Waals surface area contributed by atoms with Crippen LogP contribution in [0.3, 0.4) is 0 Å². The van der Waals surface area contributed by atoms with Crippen LogP contribution in [-0.4, -0.2) is 63.1 Å². The molecule has 34 heavy (non-hydrogen) atoms. The molecular formula is C22H26N6O6. The van der Waals surface area contributed by atoms with Crippen molar-refractivity contribution in [1.29, 1.82) is 0 Å². The van der Waals surface area contributed by atoms with E-state index in [1.807, 2.05) is 0 Å². The highest BCUT2D eigenvalue weighted by molar-refractivity contribution is 5.97. The average Bonchev–Trinajstić information content (AvgIpc) is 3.49. The lowest BCUT2D eigenvalue weighted by molar-refractivity contribution is 0.0660.